The fourth-order valence-electron chi connectivity index (χ4n) is 1.58. The third-order valence-corrected chi connectivity index (χ3v) is 2.28. The van der Waals surface area contributed by atoms with E-state index >= 15 is 0 Å². The minimum Gasteiger partial charge on any atom is -0.478 e. The van der Waals surface area contributed by atoms with Gasteiger partial charge in [-0.2, -0.15) is 0 Å². The number of benzene rings is 1. The molecule has 0 radical (unpaired) electrons. The van der Waals surface area contributed by atoms with Gasteiger partial charge in [0.2, 0.25) is 0 Å². The second kappa shape index (κ2) is 6.11. The molecule has 16 heavy (non-hydrogen) atoms. The second-order valence-corrected chi connectivity index (χ2v) is 4.36. The van der Waals surface area contributed by atoms with Crippen LogP contribution in [0.3, 0.4) is 0 Å². The van der Waals surface area contributed by atoms with Crippen LogP contribution in [0.1, 0.15) is 25.0 Å². The van der Waals surface area contributed by atoms with E-state index in [2.05, 4.69) is 38.1 Å². The van der Waals surface area contributed by atoms with Crippen molar-refractivity contribution in [3.05, 3.63) is 47.5 Å². The van der Waals surface area contributed by atoms with Gasteiger partial charge >= 0.3 is 5.97 Å². The summed E-state index contributed by atoms with van der Waals surface area (Å²) < 4.78 is 0. The molecule has 0 saturated heterocycles. The molecule has 1 aromatic rings. The summed E-state index contributed by atoms with van der Waals surface area (Å²) >= 11 is 0. The maximum atomic E-state index is 10.3. The molecule has 0 aromatic heterocycles. The molecule has 2 heteroatoms. The molecular formula is C14H18O2. The van der Waals surface area contributed by atoms with Gasteiger partial charge in [0.05, 0.1) is 0 Å². The number of rotatable bonds is 5. The molecule has 0 bridgehead atoms. The zero-order chi connectivity index (χ0) is 12.0. The van der Waals surface area contributed by atoms with Crippen molar-refractivity contribution in [3.8, 4) is 0 Å². The van der Waals surface area contributed by atoms with Crippen LogP contribution in [0.25, 0.3) is 0 Å². The zero-order valence-electron chi connectivity index (χ0n) is 9.81. The van der Waals surface area contributed by atoms with E-state index < -0.39 is 5.97 Å². The predicted octanol–water partition coefficient (Wildman–Crippen LogP) is 3.07. The van der Waals surface area contributed by atoms with Crippen molar-refractivity contribution in [2.24, 2.45) is 5.92 Å². The van der Waals surface area contributed by atoms with Crippen molar-refractivity contribution in [3.63, 3.8) is 0 Å². The van der Waals surface area contributed by atoms with Crippen molar-refractivity contribution in [2.45, 2.75) is 26.7 Å². The van der Waals surface area contributed by atoms with Crippen LogP contribution in [0, 0.1) is 5.92 Å². The van der Waals surface area contributed by atoms with Crippen LogP contribution in [0.5, 0.6) is 0 Å². The maximum Gasteiger partial charge on any atom is 0.327 e. The van der Waals surface area contributed by atoms with E-state index in [0.29, 0.717) is 12.3 Å². The van der Waals surface area contributed by atoms with Crippen LogP contribution in [0.2, 0.25) is 0 Å². The molecule has 0 amide bonds. The van der Waals surface area contributed by atoms with Gasteiger partial charge in [-0.15, -0.1) is 0 Å². The Bertz CT molecular complexity index is 361. The van der Waals surface area contributed by atoms with Crippen LogP contribution in [-0.2, 0) is 17.6 Å². The SMILES string of the molecule is CC(C)Cc1ccc(C/C=C/C(=O)O)cc1. The first-order chi connectivity index (χ1) is 7.58. The smallest absolute Gasteiger partial charge is 0.327 e. The molecule has 0 unspecified atom stereocenters. The quantitative estimate of drug-likeness (QED) is 0.771. The molecule has 0 aliphatic heterocycles. The highest BCUT2D eigenvalue weighted by Crippen LogP contribution is 2.10. The third kappa shape index (κ3) is 4.78. The Morgan fingerprint density at radius 1 is 1.25 bits per heavy atom. The largest absolute Gasteiger partial charge is 0.478 e. The summed E-state index contributed by atoms with van der Waals surface area (Å²) in [7, 11) is 0. The second-order valence-electron chi connectivity index (χ2n) is 4.36. The zero-order valence-corrected chi connectivity index (χ0v) is 9.81. The van der Waals surface area contributed by atoms with Gasteiger partial charge in [0.15, 0.2) is 0 Å². The van der Waals surface area contributed by atoms with Gasteiger partial charge in [-0.05, 0) is 29.9 Å². The van der Waals surface area contributed by atoms with E-state index in [1.807, 2.05) is 0 Å². The van der Waals surface area contributed by atoms with Gasteiger partial charge < -0.3 is 5.11 Å². The fraction of sp³-hybridized carbons (Fsp3) is 0.357. The van der Waals surface area contributed by atoms with Gasteiger partial charge in [0, 0.05) is 6.08 Å². The highest BCUT2D eigenvalue weighted by molar-refractivity contribution is 5.79. The lowest BCUT2D eigenvalue weighted by Crippen LogP contribution is -1.94. The summed E-state index contributed by atoms with van der Waals surface area (Å²) in [6, 6.07) is 8.35. The van der Waals surface area contributed by atoms with Crippen molar-refractivity contribution in [1.29, 1.82) is 0 Å². The van der Waals surface area contributed by atoms with E-state index in [1.54, 1.807) is 6.08 Å². The topological polar surface area (TPSA) is 37.3 Å². The van der Waals surface area contributed by atoms with E-state index in [-0.39, 0.29) is 0 Å². The minimum atomic E-state index is -0.892. The highest BCUT2D eigenvalue weighted by atomic mass is 16.4. The number of allylic oxidation sites excluding steroid dienone is 1. The summed E-state index contributed by atoms with van der Waals surface area (Å²) in [4.78, 5) is 10.3. The number of carboxylic acid groups (broad SMARTS) is 1. The maximum absolute atomic E-state index is 10.3. The van der Waals surface area contributed by atoms with E-state index in [1.165, 1.54) is 11.6 Å². The molecule has 0 aliphatic carbocycles. The van der Waals surface area contributed by atoms with Gasteiger partial charge in [0.25, 0.3) is 0 Å². The summed E-state index contributed by atoms with van der Waals surface area (Å²) in [5.41, 5.74) is 2.48. The lowest BCUT2D eigenvalue weighted by molar-refractivity contribution is -0.131. The van der Waals surface area contributed by atoms with Crippen molar-refractivity contribution in [1.82, 2.24) is 0 Å². The van der Waals surface area contributed by atoms with Gasteiger partial charge in [-0.3, -0.25) is 0 Å². The fourth-order valence-corrected chi connectivity index (χ4v) is 1.58. The lowest BCUT2D eigenvalue weighted by Gasteiger charge is -2.05. The standard InChI is InChI=1S/C14H18O2/c1-11(2)10-13-8-6-12(7-9-13)4-3-5-14(15)16/h3,5-9,11H,4,10H2,1-2H3,(H,15,16)/b5-3+. The Balaban J connectivity index is 2.54. The molecule has 1 N–H and O–H groups in total. The Hall–Kier alpha value is -1.57. The van der Waals surface area contributed by atoms with Crippen molar-refractivity contribution in [2.75, 3.05) is 0 Å². The van der Waals surface area contributed by atoms with Crippen molar-refractivity contribution < 1.29 is 9.90 Å². The van der Waals surface area contributed by atoms with E-state index in [9.17, 15) is 4.79 Å². The van der Waals surface area contributed by atoms with Gasteiger partial charge in [0.1, 0.15) is 0 Å². The Kier molecular flexibility index (Phi) is 4.77. The molecule has 0 atom stereocenters. The van der Waals surface area contributed by atoms with Crippen LogP contribution < -0.4 is 0 Å². The molecule has 1 rings (SSSR count). The monoisotopic (exact) mass is 218 g/mol. The van der Waals surface area contributed by atoms with E-state index in [4.69, 9.17) is 5.11 Å². The summed E-state index contributed by atoms with van der Waals surface area (Å²) in [6.45, 7) is 4.40. The minimum absolute atomic E-state index is 0.665. The molecule has 86 valence electrons. The molecule has 1 aromatic carbocycles. The molecule has 0 aliphatic rings. The average Bonchev–Trinajstić information content (AvgIpc) is 2.19. The highest BCUT2D eigenvalue weighted by Gasteiger charge is 1.97. The summed E-state index contributed by atoms with van der Waals surface area (Å²) in [5, 5.41) is 8.45. The lowest BCUT2D eigenvalue weighted by atomic mass is 10.0. The van der Waals surface area contributed by atoms with Gasteiger partial charge in [-0.1, -0.05) is 44.2 Å². The van der Waals surface area contributed by atoms with Crippen LogP contribution in [0.15, 0.2) is 36.4 Å². The molecular weight excluding hydrogens is 200 g/mol. The Morgan fingerprint density at radius 2 is 1.81 bits per heavy atom. The van der Waals surface area contributed by atoms with Gasteiger partial charge in [-0.25, -0.2) is 4.79 Å². The Morgan fingerprint density at radius 3 is 2.31 bits per heavy atom. The Labute approximate surface area is 96.6 Å². The normalized spacial score (nSPS) is 11.2. The first-order valence-corrected chi connectivity index (χ1v) is 5.55. The number of aliphatic carboxylic acids is 1. The average molecular weight is 218 g/mol. The number of carbonyl (C=O) groups is 1. The van der Waals surface area contributed by atoms with E-state index in [0.717, 1.165) is 12.0 Å². The first-order valence-electron chi connectivity index (χ1n) is 5.55. The van der Waals surface area contributed by atoms with Crippen LogP contribution in [0.4, 0.5) is 0 Å². The molecule has 0 saturated carbocycles. The molecule has 0 spiro atoms. The molecule has 2 nitrogen and oxygen atoms in total. The van der Waals surface area contributed by atoms with Crippen LogP contribution >= 0.6 is 0 Å². The predicted molar refractivity (Wildman–Crippen MR) is 65.5 cm³/mol. The van der Waals surface area contributed by atoms with Crippen molar-refractivity contribution >= 4 is 5.97 Å². The number of hydrogen-bond acceptors (Lipinski definition) is 1. The number of hydrogen-bond donors (Lipinski definition) is 1. The summed E-state index contributed by atoms with van der Waals surface area (Å²) in [6.07, 6.45) is 4.61. The first kappa shape index (κ1) is 12.5. The molecule has 0 heterocycles. The third-order valence-electron chi connectivity index (χ3n) is 2.28. The molecule has 0 fully saturated rings. The number of carboxylic acids is 1. The van der Waals surface area contributed by atoms with Crippen LogP contribution in [-0.4, -0.2) is 11.1 Å². The summed E-state index contributed by atoms with van der Waals surface area (Å²) in [5.74, 6) is -0.228.